The zero-order chi connectivity index (χ0) is 23.2. The second-order valence-corrected chi connectivity index (χ2v) is 10.2. The summed E-state index contributed by atoms with van der Waals surface area (Å²) in [4.78, 5) is 16.5. The van der Waals surface area contributed by atoms with Gasteiger partial charge in [-0.05, 0) is 86.9 Å². The Morgan fingerprint density at radius 2 is 1.82 bits per heavy atom. The van der Waals surface area contributed by atoms with Crippen LogP contribution in [0.5, 0.6) is 0 Å². The molecule has 4 heterocycles. The van der Waals surface area contributed by atoms with Gasteiger partial charge in [0.2, 0.25) is 0 Å². The van der Waals surface area contributed by atoms with Crippen molar-refractivity contribution in [2.45, 2.75) is 52.2 Å². The highest BCUT2D eigenvalue weighted by atomic mass is 35.5. The fourth-order valence-corrected chi connectivity index (χ4v) is 5.69. The van der Waals surface area contributed by atoms with Gasteiger partial charge in [-0.3, -0.25) is 0 Å². The number of hydrogen-bond acceptors (Lipinski definition) is 7. The van der Waals surface area contributed by atoms with Crippen LogP contribution in [0.25, 0.3) is 0 Å². The molecule has 1 aromatic carbocycles. The lowest BCUT2D eigenvalue weighted by Crippen LogP contribution is -2.47. The van der Waals surface area contributed by atoms with E-state index in [2.05, 4.69) is 20.0 Å². The summed E-state index contributed by atoms with van der Waals surface area (Å²) in [5.74, 6) is 0.656. The van der Waals surface area contributed by atoms with Crippen molar-refractivity contribution >= 4 is 23.4 Å². The number of nitrogens with zero attached hydrogens (tertiary/aromatic N) is 4. The van der Waals surface area contributed by atoms with Crippen LogP contribution in [0, 0.1) is 19.3 Å². The minimum Gasteiger partial charge on any atom is -0.457 e. The molecule has 0 bridgehead atoms. The van der Waals surface area contributed by atoms with Gasteiger partial charge in [0, 0.05) is 25.2 Å². The largest absolute Gasteiger partial charge is 0.457 e. The fraction of sp³-hybridized carbons (Fsp3) is 0.560. The van der Waals surface area contributed by atoms with Gasteiger partial charge in [-0.15, -0.1) is 10.2 Å². The van der Waals surface area contributed by atoms with Crippen molar-refractivity contribution in [2.75, 3.05) is 37.6 Å². The van der Waals surface area contributed by atoms with E-state index in [-0.39, 0.29) is 5.97 Å². The molecule has 1 N–H and O–H groups in total. The second-order valence-electron chi connectivity index (χ2n) is 9.86. The van der Waals surface area contributed by atoms with E-state index < -0.39 is 6.10 Å². The van der Waals surface area contributed by atoms with E-state index in [0.29, 0.717) is 29.3 Å². The molecule has 2 aromatic rings. The van der Waals surface area contributed by atoms with E-state index in [1.807, 2.05) is 26.0 Å². The van der Waals surface area contributed by atoms with Gasteiger partial charge >= 0.3 is 5.97 Å². The average molecular weight is 471 g/mol. The highest BCUT2D eigenvalue weighted by molar-refractivity contribution is 6.30. The Bertz CT molecular complexity index is 1060. The molecule has 176 valence electrons. The van der Waals surface area contributed by atoms with Crippen LogP contribution in [-0.2, 0) is 11.3 Å². The van der Waals surface area contributed by atoms with Crippen molar-refractivity contribution < 1.29 is 14.6 Å². The van der Waals surface area contributed by atoms with Gasteiger partial charge in [0.1, 0.15) is 6.61 Å². The first-order valence-electron chi connectivity index (χ1n) is 11.8. The van der Waals surface area contributed by atoms with Gasteiger partial charge in [-0.1, -0.05) is 17.7 Å². The zero-order valence-corrected chi connectivity index (χ0v) is 20.1. The molecule has 0 amide bonds. The Labute approximate surface area is 199 Å². The molecule has 7 nitrogen and oxygen atoms in total. The van der Waals surface area contributed by atoms with E-state index in [4.69, 9.17) is 16.3 Å². The van der Waals surface area contributed by atoms with Crippen LogP contribution in [0.4, 0.5) is 5.82 Å². The van der Waals surface area contributed by atoms with Crippen molar-refractivity contribution in [2.24, 2.45) is 5.41 Å². The number of aliphatic hydroxyl groups is 1. The predicted molar refractivity (Wildman–Crippen MR) is 127 cm³/mol. The van der Waals surface area contributed by atoms with Crippen molar-refractivity contribution in [1.29, 1.82) is 0 Å². The number of rotatable bonds is 4. The maximum Gasteiger partial charge on any atom is 0.338 e. The number of fused-ring (bicyclic) bond motifs is 1. The predicted octanol–water partition coefficient (Wildman–Crippen LogP) is 3.83. The summed E-state index contributed by atoms with van der Waals surface area (Å²) in [5.41, 5.74) is 4.78. The van der Waals surface area contributed by atoms with E-state index in [1.54, 1.807) is 6.07 Å². The average Bonchev–Trinajstić information content (AvgIpc) is 3.20. The lowest BCUT2D eigenvalue weighted by Gasteiger charge is -2.47. The number of aromatic nitrogens is 2. The molecule has 2 fully saturated rings. The van der Waals surface area contributed by atoms with Crippen molar-refractivity contribution in [3.63, 3.8) is 0 Å². The number of β-amino-alcohol motifs (C(OH)–C–C–N with tert-alkyl or cyclic N) is 1. The van der Waals surface area contributed by atoms with Gasteiger partial charge < -0.3 is 19.6 Å². The summed E-state index contributed by atoms with van der Waals surface area (Å²) in [7, 11) is 0. The van der Waals surface area contributed by atoms with Crippen LogP contribution in [0.15, 0.2) is 18.2 Å². The second kappa shape index (κ2) is 8.85. The number of hydrogen-bond donors (Lipinski definition) is 1. The number of benzene rings is 1. The molecule has 0 saturated carbocycles. The molecular weight excluding hydrogens is 440 g/mol. The Hall–Kier alpha value is -2.22. The summed E-state index contributed by atoms with van der Waals surface area (Å²) in [6.45, 7) is 8.87. The molecule has 0 unspecified atom stereocenters. The Morgan fingerprint density at radius 1 is 1.12 bits per heavy atom. The van der Waals surface area contributed by atoms with Crippen LogP contribution < -0.4 is 4.90 Å². The zero-order valence-electron chi connectivity index (χ0n) is 19.3. The molecule has 8 heteroatoms. The lowest BCUT2D eigenvalue weighted by molar-refractivity contribution is 0.0447. The number of ether oxygens (including phenoxy) is 1. The topological polar surface area (TPSA) is 78.8 Å². The lowest BCUT2D eigenvalue weighted by atomic mass is 9.71. The number of esters is 1. The number of piperidine rings is 2. The van der Waals surface area contributed by atoms with Gasteiger partial charge in [0.05, 0.1) is 11.7 Å². The summed E-state index contributed by atoms with van der Waals surface area (Å²) < 4.78 is 5.15. The molecule has 0 radical (unpaired) electrons. The molecule has 0 aliphatic carbocycles. The SMILES string of the molecule is Cc1cc(N2CCC3(CCN(C[C@H](O)c4ccc5c(c4C)COC5=O)CC3)CC2)nnc1Cl. The van der Waals surface area contributed by atoms with Gasteiger partial charge in [-0.25, -0.2) is 4.79 Å². The number of cyclic esters (lactones) is 1. The number of carbonyl (C=O) groups is 1. The van der Waals surface area contributed by atoms with Crippen LogP contribution >= 0.6 is 11.6 Å². The van der Waals surface area contributed by atoms with Crippen molar-refractivity contribution in [3.05, 3.63) is 51.2 Å². The van der Waals surface area contributed by atoms with Crippen LogP contribution in [0.1, 0.15) is 64.4 Å². The molecule has 1 spiro atoms. The first kappa shape index (κ1) is 22.6. The first-order chi connectivity index (χ1) is 15.8. The first-order valence-corrected chi connectivity index (χ1v) is 12.2. The summed E-state index contributed by atoms with van der Waals surface area (Å²) in [5, 5.41) is 19.8. The smallest absolute Gasteiger partial charge is 0.338 e. The molecule has 1 aromatic heterocycles. The highest BCUT2D eigenvalue weighted by Crippen LogP contribution is 2.42. The van der Waals surface area contributed by atoms with Crippen molar-refractivity contribution in [1.82, 2.24) is 15.1 Å². The van der Waals surface area contributed by atoms with Gasteiger partial charge in [-0.2, -0.15) is 0 Å². The third-order valence-corrected chi connectivity index (χ3v) is 8.35. The fourth-order valence-electron chi connectivity index (χ4n) is 5.60. The van der Waals surface area contributed by atoms with Crippen LogP contribution in [0.2, 0.25) is 5.15 Å². The van der Waals surface area contributed by atoms with Gasteiger partial charge in [0.15, 0.2) is 11.0 Å². The van der Waals surface area contributed by atoms with Crippen molar-refractivity contribution in [3.8, 4) is 0 Å². The maximum atomic E-state index is 11.8. The van der Waals surface area contributed by atoms with Gasteiger partial charge in [0.25, 0.3) is 0 Å². The normalized spacial score (nSPS) is 21.2. The summed E-state index contributed by atoms with van der Waals surface area (Å²) in [6.07, 6.45) is 4.07. The maximum absolute atomic E-state index is 11.8. The third-order valence-electron chi connectivity index (χ3n) is 7.97. The molecular formula is C25H31ClN4O3. The van der Waals surface area contributed by atoms with Crippen LogP contribution in [-0.4, -0.2) is 58.9 Å². The third kappa shape index (κ3) is 4.34. The summed E-state index contributed by atoms with van der Waals surface area (Å²) in [6, 6.07) is 5.70. The molecule has 2 saturated heterocycles. The monoisotopic (exact) mass is 470 g/mol. The number of anilines is 1. The van der Waals surface area contributed by atoms with E-state index in [9.17, 15) is 9.90 Å². The van der Waals surface area contributed by atoms with E-state index >= 15 is 0 Å². The number of halogens is 1. The summed E-state index contributed by atoms with van der Waals surface area (Å²) >= 11 is 6.03. The molecule has 1 atom stereocenters. The number of aliphatic hydroxyl groups excluding tert-OH is 1. The highest BCUT2D eigenvalue weighted by Gasteiger charge is 2.38. The Morgan fingerprint density at radius 3 is 2.52 bits per heavy atom. The molecule has 33 heavy (non-hydrogen) atoms. The Balaban J connectivity index is 1.16. The van der Waals surface area contributed by atoms with E-state index in [1.165, 1.54) is 0 Å². The van der Waals surface area contributed by atoms with E-state index in [0.717, 1.165) is 79.9 Å². The number of aryl methyl sites for hydroxylation is 1. The van der Waals surface area contributed by atoms with Crippen LogP contribution in [0.3, 0.4) is 0 Å². The minimum absolute atomic E-state index is 0.264. The molecule has 3 aliphatic heterocycles. The Kier molecular flexibility index (Phi) is 6.05. The quantitative estimate of drug-likeness (QED) is 0.680. The molecule has 5 rings (SSSR count). The number of likely N-dealkylation sites (tertiary alicyclic amines) is 1. The number of carbonyl (C=O) groups excluding carboxylic acids is 1. The standard InChI is InChI=1S/C25H31ClN4O3/c1-16-13-22(27-28-23(16)26)30-11-7-25(8-12-30)5-9-29(10-6-25)14-21(31)18-3-4-19-20(17(18)2)15-33-24(19)32/h3-4,13,21,31H,5-12,14-15H2,1-2H3/t21-/m0/s1. The molecule has 3 aliphatic rings. The minimum atomic E-state index is -0.561.